The summed E-state index contributed by atoms with van der Waals surface area (Å²) >= 11 is 0. The van der Waals surface area contributed by atoms with E-state index in [-0.39, 0.29) is 5.54 Å². The summed E-state index contributed by atoms with van der Waals surface area (Å²) in [6, 6.07) is 3.82. The van der Waals surface area contributed by atoms with Gasteiger partial charge in [0.15, 0.2) is 0 Å². The molecule has 3 rings (SSSR count). The first kappa shape index (κ1) is 14.9. The van der Waals surface area contributed by atoms with Crippen molar-refractivity contribution < 1.29 is 8.78 Å². The van der Waals surface area contributed by atoms with E-state index in [0.717, 1.165) is 50.1 Å². The standard InChI is InChI=1S/C17H24F2N2/c1-17(14-3-4-14)12-21(7-2-6-20-17)8-5-13-9-15(18)11-16(19)10-13/h9-11,14,20H,2-8,12H2,1H3. The molecule has 2 aliphatic rings. The fourth-order valence-electron chi connectivity index (χ4n) is 3.50. The summed E-state index contributed by atoms with van der Waals surface area (Å²) in [7, 11) is 0. The van der Waals surface area contributed by atoms with Crippen molar-refractivity contribution in [1.29, 1.82) is 0 Å². The van der Waals surface area contributed by atoms with Crippen molar-refractivity contribution in [3.63, 3.8) is 0 Å². The molecule has 0 bridgehead atoms. The molecule has 1 saturated carbocycles. The van der Waals surface area contributed by atoms with Gasteiger partial charge in [0, 0.05) is 24.7 Å². The number of hydrogen-bond acceptors (Lipinski definition) is 2. The van der Waals surface area contributed by atoms with E-state index in [2.05, 4.69) is 17.1 Å². The van der Waals surface area contributed by atoms with Gasteiger partial charge in [-0.25, -0.2) is 8.78 Å². The van der Waals surface area contributed by atoms with Crippen LogP contribution in [0.4, 0.5) is 8.78 Å². The van der Waals surface area contributed by atoms with Crippen LogP contribution in [0.1, 0.15) is 31.7 Å². The van der Waals surface area contributed by atoms with Crippen molar-refractivity contribution >= 4 is 0 Å². The largest absolute Gasteiger partial charge is 0.310 e. The number of nitrogens with one attached hydrogen (secondary N) is 1. The van der Waals surface area contributed by atoms with Gasteiger partial charge in [-0.2, -0.15) is 0 Å². The van der Waals surface area contributed by atoms with Crippen LogP contribution in [-0.2, 0) is 6.42 Å². The third kappa shape index (κ3) is 3.80. The molecule has 116 valence electrons. The average molecular weight is 294 g/mol. The van der Waals surface area contributed by atoms with E-state index in [1.54, 1.807) is 0 Å². The Morgan fingerprint density at radius 2 is 1.95 bits per heavy atom. The first-order valence-corrected chi connectivity index (χ1v) is 7.97. The molecule has 0 aromatic heterocycles. The Kier molecular flexibility index (Phi) is 4.27. The van der Waals surface area contributed by atoms with E-state index in [1.807, 2.05) is 0 Å². The summed E-state index contributed by atoms with van der Waals surface area (Å²) < 4.78 is 26.5. The van der Waals surface area contributed by atoms with E-state index in [1.165, 1.54) is 25.0 Å². The predicted molar refractivity (Wildman–Crippen MR) is 80.3 cm³/mol. The lowest BCUT2D eigenvalue weighted by atomic mass is 9.95. The molecule has 1 N–H and O–H groups in total. The van der Waals surface area contributed by atoms with Gasteiger partial charge in [0.05, 0.1) is 0 Å². The normalized spacial score (nSPS) is 27.6. The molecule has 1 unspecified atom stereocenters. The highest BCUT2D eigenvalue weighted by atomic mass is 19.1. The molecule has 1 heterocycles. The highest BCUT2D eigenvalue weighted by Crippen LogP contribution is 2.40. The molecule has 0 radical (unpaired) electrons. The molecular weight excluding hydrogens is 270 g/mol. The maximum atomic E-state index is 13.2. The van der Waals surface area contributed by atoms with E-state index >= 15 is 0 Å². The van der Waals surface area contributed by atoms with Crippen LogP contribution in [0.2, 0.25) is 0 Å². The average Bonchev–Trinajstić information content (AvgIpc) is 3.23. The van der Waals surface area contributed by atoms with Gasteiger partial charge >= 0.3 is 0 Å². The van der Waals surface area contributed by atoms with Crippen molar-refractivity contribution in [2.24, 2.45) is 5.92 Å². The van der Waals surface area contributed by atoms with Crippen molar-refractivity contribution in [1.82, 2.24) is 10.2 Å². The molecule has 21 heavy (non-hydrogen) atoms. The SMILES string of the molecule is CC1(C2CC2)CN(CCc2cc(F)cc(F)c2)CCCN1. The first-order valence-electron chi connectivity index (χ1n) is 7.97. The van der Waals surface area contributed by atoms with Crippen LogP contribution in [0.5, 0.6) is 0 Å². The van der Waals surface area contributed by atoms with Crippen molar-refractivity contribution in [2.45, 2.75) is 38.1 Å². The zero-order chi connectivity index (χ0) is 14.9. The molecule has 1 aliphatic carbocycles. The van der Waals surface area contributed by atoms with Crippen molar-refractivity contribution in [3.05, 3.63) is 35.4 Å². The molecule has 2 nitrogen and oxygen atoms in total. The second kappa shape index (κ2) is 6.01. The first-order chi connectivity index (χ1) is 10.0. The molecule has 4 heteroatoms. The van der Waals surface area contributed by atoms with Crippen LogP contribution in [0.15, 0.2) is 18.2 Å². The van der Waals surface area contributed by atoms with Crippen LogP contribution < -0.4 is 5.32 Å². The van der Waals surface area contributed by atoms with Gasteiger partial charge in [0.1, 0.15) is 11.6 Å². The lowest BCUT2D eigenvalue weighted by Gasteiger charge is -2.34. The van der Waals surface area contributed by atoms with E-state index in [0.29, 0.717) is 6.42 Å². The Balaban J connectivity index is 1.60. The topological polar surface area (TPSA) is 15.3 Å². The molecule has 1 aromatic rings. The Morgan fingerprint density at radius 1 is 1.24 bits per heavy atom. The predicted octanol–water partition coefficient (Wildman–Crippen LogP) is 2.97. The fourth-order valence-corrected chi connectivity index (χ4v) is 3.50. The van der Waals surface area contributed by atoms with Crippen molar-refractivity contribution in [2.75, 3.05) is 26.2 Å². The molecule has 1 aromatic carbocycles. The molecule has 0 spiro atoms. The van der Waals surface area contributed by atoms with Crippen LogP contribution in [0.3, 0.4) is 0 Å². The van der Waals surface area contributed by atoms with E-state index < -0.39 is 11.6 Å². The number of benzene rings is 1. The zero-order valence-corrected chi connectivity index (χ0v) is 12.7. The number of nitrogens with zero attached hydrogens (tertiary/aromatic N) is 1. The second-order valence-corrected chi connectivity index (χ2v) is 6.78. The lowest BCUT2D eigenvalue weighted by molar-refractivity contribution is 0.203. The van der Waals surface area contributed by atoms with E-state index in [4.69, 9.17) is 0 Å². The Bertz CT molecular complexity index is 481. The summed E-state index contributed by atoms with van der Waals surface area (Å²) in [5.74, 6) is -0.166. The minimum absolute atomic E-state index is 0.212. The van der Waals surface area contributed by atoms with Gasteiger partial charge in [-0.15, -0.1) is 0 Å². The fraction of sp³-hybridized carbons (Fsp3) is 0.647. The summed E-state index contributed by atoms with van der Waals surface area (Å²) in [6.07, 6.45) is 4.49. The van der Waals surface area contributed by atoms with Gasteiger partial charge in [0.2, 0.25) is 0 Å². The van der Waals surface area contributed by atoms with Crippen LogP contribution in [-0.4, -0.2) is 36.6 Å². The van der Waals surface area contributed by atoms with Gasteiger partial charge < -0.3 is 10.2 Å². The summed E-state index contributed by atoms with van der Waals surface area (Å²) in [5, 5.41) is 3.70. The minimum atomic E-state index is -0.481. The highest BCUT2D eigenvalue weighted by molar-refractivity contribution is 5.18. The maximum Gasteiger partial charge on any atom is 0.126 e. The van der Waals surface area contributed by atoms with Crippen LogP contribution >= 0.6 is 0 Å². The number of rotatable bonds is 4. The van der Waals surface area contributed by atoms with Gasteiger partial charge in [-0.3, -0.25) is 0 Å². The van der Waals surface area contributed by atoms with Gasteiger partial charge in [-0.05, 0) is 69.3 Å². The lowest BCUT2D eigenvalue weighted by Crippen LogP contribution is -2.51. The quantitative estimate of drug-likeness (QED) is 0.918. The monoisotopic (exact) mass is 294 g/mol. The second-order valence-electron chi connectivity index (χ2n) is 6.78. The van der Waals surface area contributed by atoms with Crippen LogP contribution in [0, 0.1) is 17.6 Å². The van der Waals surface area contributed by atoms with Crippen molar-refractivity contribution in [3.8, 4) is 0 Å². The molecular formula is C17H24F2N2. The Labute approximate surface area is 125 Å². The Morgan fingerprint density at radius 3 is 2.62 bits per heavy atom. The summed E-state index contributed by atoms with van der Waals surface area (Å²) in [6.45, 7) is 6.36. The number of halogens is 2. The maximum absolute atomic E-state index is 13.2. The summed E-state index contributed by atoms with van der Waals surface area (Å²) in [5.41, 5.74) is 0.960. The van der Waals surface area contributed by atoms with Gasteiger partial charge in [0.25, 0.3) is 0 Å². The third-order valence-corrected chi connectivity index (χ3v) is 4.85. The Hall–Kier alpha value is -1.00. The third-order valence-electron chi connectivity index (χ3n) is 4.85. The minimum Gasteiger partial charge on any atom is -0.310 e. The zero-order valence-electron chi connectivity index (χ0n) is 12.7. The molecule has 1 saturated heterocycles. The molecule has 1 aliphatic heterocycles. The molecule has 0 amide bonds. The smallest absolute Gasteiger partial charge is 0.126 e. The summed E-state index contributed by atoms with van der Waals surface area (Å²) in [4.78, 5) is 2.45. The van der Waals surface area contributed by atoms with Gasteiger partial charge in [-0.1, -0.05) is 0 Å². The number of hydrogen-bond donors (Lipinski definition) is 1. The molecule has 1 atom stereocenters. The highest BCUT2D eigenvalue weighted by Gasteiger charge is 2.42. The van der Waals surface area contributed by atoms with E-state index in [9.17, 15) is 8.78 Å². The molecule has 2 fully saturated rings. The van der Waals surface area contributed by atoms with Crippen LogP contribution in [0.25, 0.3) is 0 Å².